The lowest BCUT2D eigenvalue weighted by Gasteiger charge is -2.15. The third-order valence-corrected chi connectivity index (χ3v) is 3.73. The molecule has 21 heavy (non-hydrogen) atoms. The maximum Gasteiger partial charge on any atom is 0.152 e. The van der Waals surface area contributed by atoms with E-state index in [0.717, 1.165) is 10.9 Å². The van der Waals surface area contributed by atoms with Gasteiger partial charge >= 0.3 is 0 Å². The molecule has 0 bridgehead atoms. The van der Waals surface area contributed by atoms with Crippen molar-refractivity contribution in [3.63, 3.8) is 0 Å². The van der Waals surface area contributed by atoms with E-state index in [0.29, 0.717) is 21.9 Å². The van der Waals surface area contributed by atoms with Gasteiger partial charge in [0.1, 0.15) is 17.6 Å². The molecule has 3 aromatic rings. The van der Waals surface area contributed by atoms with E-state index in [1.165, 1.54) is 6.07 Å². The Hall–Kier alpha value is -1.88. The smallest absolute Gasteiger partial charge is 0.152 e. The van der Waals surface area contributed by atoms with Gasteiger partial charge in [0.15, 0.2) is 5.58 Å². The van der Waals surface area contributed by atoms with Crippen molar-refractivity contribution in [1.82, 2.24) is 5.43 Å². The molecule has 108 valence electrons. The van der Waals surface area contributed by atoms with Crippen LogP contribution in [-0.2, 0) is 0 Å². The van der Waals surface area contributed by atoms with Crippen LogP contribution in [0.5, 0.6) is 0 Å². The van der Waals surface area contributed by atoms with Crippen molar-refractivity contribution in [1.29, 1.82) is 0 Å². The molecule has 1 unspecified atom stereocenters. The summed E-state index contributed by atoms with van der Waals surface area (Å²) in [7, 11) is 0. The number of para-hydroxylation sites is 1. The number of halogens is 2. The number of hydrazine groups is 1. The summed E-state index contributed by atoms with van der Waals surface area (Å²) in [6.45, 7) is 1.89. The fraction of sp³-hybridized carbons (Fsp3) is 0.125. The van der Waals surface area contributed by atoms with Gasteiger partial charge in [-0.2, -0.15) is 0 Å². The van der Waals surface area contributed by atoms with Crippen LogP contribution >= 0.6 is 11.6 Å². The number of nitrogens with one attached hydrogen (secondary N) is 1. The largest absolute Gasteiger partial charge is 0.457 e. The average Bonchev–Trinajstić information content (AvgIpc) is 2.89. The Balaban J connectivity index is 2.13. The Morgan fingerprint density at radius 1 is 1.24 bits per heavy atom. The molecule has 1 heterocycles. The van der Waals surface area contributed by atoms with Crippen molar-refractivity contribution >= 4 is 22.6 Å². The molecule has 3 nitrogen and oxygen atoms in total. The van der Waals surface area contributed by atoms with Crippen molar-refractivity contribution in [2.45, 2.75) is 13.0 Å². The van der Waals surface area contributed by atoms with E-state index in [2.05, 4.69) is 5.43 Å². The van der Waals surface area contributed by atoms with Gasteiger partial charge in [-0.15, -0.1) is 0 Å². The predicted molar refractivity (Wildman–Crippen MR) is 81.5 cm³/mol. The molecule has 0 saturated carbocycles. The first-order valence-corrected chi connectivity index (χ1v) is 6.88. The summed E-state index contributed by atoms with van der Waals surface area (Å²) in [4.78, 5) is 0. The average molecular weight is 305 g/mol. The second kappa shape index (κ2) is 5.48. The summed E-state index contributed by atoms with van der Waals surface area (Å²) >= 11 is 6.10. The molecule has 0 aliphatic heterocycles. The molecular weight excluding hydrogens is 291 g/mol. The van der Waals surface area contributed by atoms with Crippen molar-refractivity contribution in [3.05, 3.63) is 70.2 Å². The summed E-state index contributed by atoms with van der Waals surface area (Å²) < 4.78 is 19.8. The number of rotatable bonds is 3. The zero-order valence-corrected chi connectivity index (χ0v) is 12.1. The molecule has 0 spiro atoms. The van der Waals surface area contributed by atoms with Gasteiger partial charge in [-0.25, -0.2) is 9.82 Å². The molecule has 3 rings (SSSR count). The Labute approximate surface area is 126 Å². The lowest BCUT2D eigenvalue weighted by atomic mass is 10.0. The summed E-state index contributed by atoms with van der Waals surface area (Å²) in [6.07, 6.45) is 0. The van der Waals surface area contributed by atoms with Crippen LogP contribution < -0.4 is 11.3 Å². The van der Waals surface area contributed by atoms with Gasteiger partial charge in [-0.05, 0) is 25.1 Å². The van der Waals surface area contributed by atoms with Crippen LogP contribution in [0.2, 0.25) is 5.02 Å². The van der Waals surface area contributed by atoms with E-state index in [1.54, 1.807) is 18.2 Å². The standard InChI is InChI=1S/C16H14ClFN2O/c1-9-5-6-13(18)11(7-9)15(20-19)14-8-10-3-2-4-12(17)16(10)21-14/h2-8,15,20H,19H2,1H3. The van der Waals surface area contributed by atoms with Gasteiger partial charge in [0.05, 0.1) is 5.02 Å². The topological polar surface area (TPSA) is 51.2 Å². The van der Waals surface area contributed by atoms with E-state index in [1.807, 2.05) is 25.1 Å². The molecule has 0 fully saturated rings. The fourth-order valence-corrected chi connectivity index (χ4v) is 2.62. The second-order valence-electron chi connectivity index (χ2n) is 4.93. The summed E-state index contributed by atoms with van der Waals surface area (Å²) in [5.74, 6) is 5.79. The molecule has 1 aromatic heterocycles. The zero-order chi connectivity index (χ0) is 15.0. The molecule has 0 amide bonds. The molecule has 0 aliphatic carbocycles. The number of hydrogen-bond acceptors (Lipinski definition) is 3. The Morgan fingerprint density at radius 3 is 2.76 bits per heavy atom. The normalized spacial score (nSPS) is 12.8. The van der Waals surface area contributed by atoms with Gasteiger partial charge in [0, 0.05) is 10.9 Å². The highest BCUT2D eigenvalue weighted by atomic mass is 35.5. The van der Waals surface area contributed by atoms with Crippen molar-refractivity contribution in [2.75, 3.05) is 0 Å². The van der Waals surface area contributed by atoms with E-state index in [4.69, 9.17) is 21.9 Å². The maximum atomic E-state index is 14.1. The van der Waals surface area contributed by atoms with Crippen LogP contribution in [0.1, 0.15) is 22.9 Å². The minimum atomic E-state index is -0.576. The van der Waals surface area contributed by atoms with Crippen molar-refractivity contribution in [2.24, 2.45) is 5.84 Å². The highest BCUT2D eigenvalue weighted by Gasteiger charge is 2.21. The Kier molecular flexibility index (Phi) is 3.68. The molecule has 2 aromatic carbocycles. The molecule has 0 aliphatic rings. The van der Waals surface area contributed by atoms with Gasteiger partial charge in [-0.1, -0.05) is 41.4 Å². The monoisotopic (exact) mass is 304 g/mol. The van der Waals surface area contributed by atoms with Crippen LogP contribution in [0.25, 0.3) is 11.0 Å². The molecule has 0 saturated heterocycles. The first kappa shape index (κ1) is 14.1. The van der Waals surface area contributed by atoms with Gasteiger partial charge in [0.25, 0.3) is 0 Å². The molecule has 5 heteroatoms. The minimum Gasteiger partial charge on any atom is -0.457 e. The fourth-order valence-electron chi connectivity index (χ4n) is 2.40. The first-order valence-electron chi connectivity index (χ1n) is 6.50. The highest BCUT2D eigenvalue weighted by Crippen LogP contribution is 2.32. The molecule has 1 atom stereocenters. The third-order valence-electron chi connectivity index (χ3n) is 3.43. The van der Waals surface area contributed by atoms with Gasteiger partial charge < -0.3 is 4.42 Å². The molecule has 3 N–H and O–H groups in total. The van der Waals surface area contributed by atoms with Crippen molar-refractivity contribution in [3.8, 4) is 0 Å². The quantitative estimate of drug-likeness (QED) is 0.566. The first-order chi connectivity index (χ1) is 10.1. The molecule has 0 radical (unpaired) electrons. The highest BCUT2D eigenvalue weighted by molar-refractivity contribution is 6.34. The lowest BCUT2D eigenvalue weighted by molar-refractivity contribution is 0.462. The minimum absolute atomic E-state index is 0.338. The Bertz CT molecular complexity index is 800. The number of hydrogen-bond donors (Lipinski definition) is 2. The third kappa shape index (κ3) is 2.53. The summed E-state index contributed by atoms with van der Waals surface area (Å²) in [6, 6.07) is 11.6. The summed E-state index contributed by atoms with van der Waals surface area (Å²) in [5, 5.41) is 1.37. The van der Waals surface area contributed by atoms with E-state index in [-0.39, 0.29) is 5.82 Å². The van der Waals surface area contributed by atoms with Gasteiger partial charge in [0.2, 0.25) is 0 Å². The predicted octanol–water partition coefficient (Wildman–Crippen LogP) is 4.09. The van der Waals surface area contributed by atoms with Crippen LogP contribution in [0.4, 0.5) is 4.39 Å². The van der Waals surface area contributed by atoms with E-state index < -0.39 is 6.04 Å². The van der Waals surface area contributed by atoms with Crippen LogP contribution in [0, 0.1) is 12.7 Å². The van der Waals surface area contributed by atoms with Crippen molar-refractivity contribution < 1.29 is 8.81 Å². The SMILES string of the molecule is Cc1ccc(F)c(C(NN)c2cc3cccc(Cl)c3o2)c1. The van der Waals surface area contributed by atoms with E-state index in [9.17, 15) is 4.39 Å². The zero-order valence-electron chi connectivity index (χ0n) is 11.4. The lowest BCUT2D eigenvalue weighted by Crippen LogP contribution is -2.29. The number of aryl methyl sites for hydroxylation is 1. The van der Waals surface area contributed by atoms with E-state index >= 15 is 0 Å². The number of benzene rings is 2. The Morgan fingerprint density at radius 2 is 2.05 bits per heavy atom. The van der Waals surface area contributed by atoms with Crippen LogP contribution in [0.3, 0.4) is 0 Å². The van der Waals surface area contributed by atoms with Gasteiger partial charge in [-0.3, -0.25) is 5.84 Å². The number of nitrogens with two attached hydrogens (primary N) is 1. The second-order valence-corrected chi connectivity index (χ2v) is 5.34. The molecular formula is C16H14ClFN2O. The number of furan rings is 1. The number of fused-ring (bicyclic) bond motifs is 1. The maximum absolute atomic E-state index is 14.1. The summed E-state index contributed by atoms with van der Waals surface area (Å²) in [5.41, 5.74) is 4.56. The van der Waals surface area contributed by atoms with Crippen LogP contribution in [-0.4, -0.2) is 0 Å². The van der Waals surface area contributed by atoms with Crippen LogP contribution in [0.15, 0.2) is 46.9 Å².